The van der Waals surface area contributed by atoms with Crippen molar-refractivity contribution in [2.24, 2.45) is 5.92 Å². The lowest BCUT2D eigenvalue weighted by Gasteiger charge is -2.11. The molecule has 0 aliphatic carbocycles. The second-order valence-corrected chi connectivity index (χ2v) is 4.53. The van der Waals surface area contributed by atoms with Crippen LogP contribution in [0.15, 0.2) is 24.3 Å². The van der Waals surface area contributed by atoms with Crippen molar-refractivity contribution in [1.29, 1.82) is 0 Å². The molecular weight excluding hydrogens is 232 g/mol. The van der Waals surface area contributed by atoms with Crippen LogP contribution in [0.5, 0.6) is 0 Å². The van der Waals surface area contributed by atoms with E-state index in [1.807, 2.05) is 6.92 Å². The Kier molecular flexibility index (Phi) is 3.97. The number of ether oxygens (including phenoxy) is 2. The first-order chi connectivity index (χ1) is 8.66. The van der Waals surface area contributed by atoms with E-state index in [1.165, 1.54) is 0 Å². The molecule has 0 N–H and O–H groups in total. The summed E-state index contributed by atoms with van der Waals surface area (Å²) in [6.45, 7) is 2.85. The number of fused-ring (bicyclic) bond motifs is 10. The van der Waals surface area contributed by atoms with E-state index in [4.69, 9.17) is 9.47 Å². The van der Waals surface area contributed by atoms with Crippen molar-refractivity contribution in [3.63, 3.8) is 0 Å². The van der Waals surface area contributed by atoms with Crippen LogP contribution < -0.4 is 0 Å². The van der Waals surface area contributed by atoms with Crippen molar-refractivity contribution < 1.29 is 19.1 Å². The number of carbonyl (C=O) groups is 2. The molecule has 1 aromatic rings. The number of rotatable bonds is 0. The average Bonchev–Trinajstić information content (AvgIpc) is 2.39. The van der Waals surface area contributed by atoms with Crippen LogP contribution in [0, 0.1) is 5.92 Å². The van der Waals surface area contributed by atoms with Gasteiger partial charge in [-0.3, -0.25) is 0 Å². The zero-order chi connectivity index (χ0) is 13.0. The smallest absolute Gasteiger partial charge is 0.338 e. The normalized spacial score (nSPS) is 18.3. The standard InChI is InChI=1S/C14H16O4/c1-10-6-8-17-13(15)11-2-3-12(5-4-11)14(16)18-9-7-10/h2-5,10H,6-9H2,1H3. The number of carbonyl (C=O) groups excluding carboxylic acids is 2. The molecule has 2 aliphatic heterocycles. The molecule has 0 saturated heterocycles. The molecule has 0 aromatic heterocycles. The first-order valence-corrected chi connectivity index (χ1v) is 6.11. The molecule has 3 rings (SSSR count). The van der Waals surface area contributed by atoms with Gasteiger partial charge in [0, 0.05) is 0 Å². The lowest BCUT2D eigenvalue weighted by molar-refractivity contribution is 0.0455. The fourth-order valence-electron chi connectivity index (χ4n) is 1.76. The van der Waals surface area contributed by atoms with Crippen molar-refractivity contribution in [1.82, 2.24) is 0 Å². The van der Waals surface area contributed by atoms with E-state index in [0.717, 1.165) is 12.8 Å². The SMILES string of the molecule is CC1CCOC(=O)c2ccc(cc2)C(=O)OCC1. The molecule has 2 heterocycles. The molecule has 0 unspecified atom stereocenters. The maximum Gasteiger partial charge on any atom is 0.338 e. The molecule has 18 heavy (non-hydrogen) atoms. The Hall–Kier alpha value is -1.84. The summed E-state index contributed by atoms with van der Waals surface area (Å²) in [6.07, 6.45) is 1.56. The minimum atomic E-state index is -0.346. The molecule has 0 radical (unpaired) electrons. The van der Waals surface area contributed by atoms with Crippen LogP contribution in [0.2, 0.25) is 0 Å². The van der Waals surface area contributed by atoms with Crippen LogP contribution in [0.25, 0.3) is 0 Å². The van der Waals surface area contributed by atoms with E-state index in [2.05, 4.69) is 0 Å². The summed E-state index contributed by atoms with van der Waals surface area (Å²) in [5.41, 5.74) is 0.914. The van der Waals surface area contributed by atoms with Crippen molar-refractivity contribution in [2.75, 3.05) is 13.2 Å². The fourth-order valence-corrected chi connectivity index (χ4v) is 1.76. The van der Waals surface area contributed by atoms with E-state index < -0.39 is 0 Å². The molecule has 0 saturated carbocycles. The van der Waals surface area contributed by atoms with Crippen LogP contribution in [0.1, 0.15) is 40.5 Å². The van der Waals surface area contributed by atoms with Crippen molar-refractivity contribution in [2.45, 2.75) is 19.8 Å². The maximum absolute atomic E-state index is 11.7. The highest BCUT2D eigenvalue weighted by atomic mass is 16.5. The van der Waals surface area contributed by atoms with Gasteiger partial charge in [-0.15, -0.1) is 0 Å². The Labute approximate surface area is 106 Å². The second kappa shape index (κ2) is 5.67. The highest BCUT2D eigenvalue weighted by Gasteiger charge is 2.13. The summed E-state index contributed by atoms with van der Waals surface area (Å²) in [7, 11) is 0. The quantitative estimate of drug-likeness (QED) is 0.662. The van der Waals surface area contributed by atoms with Crippen molar-refractivity contribution in [3.8, 4) is 0 Å². The number of hydrogen-bond donors (Lipinski definition) is 0. The summed E-state index contributed by atoms with van der Waals surface area (Å²) in [5, 5.41) is 0. The van der Waals surface area contributed by atoms with Gasteiger partial charge in [0.2, 0.25) is 0 Å². The minimum Gasteiger partial charge on any atom is -0.462 e. The molecule has 0 atom stereocenters. The van der Waals surface area contributed by atoms with Gasteiger partial charge in [-0.1, -0.05) is 6.92 Å². The summed E-state index contributed by atoms with van der Waals surface area (Å²) in [6, 6.07) is 6.33. The predicted molar refractivity (Wildman–Crippen MR) is 65.4 cm³/mol. The summed E-state index contributed by atoms with van der Waals surface area (Å²) >= 11 is 0. The Bertz CT molecular complexity index is 395. The number of benzene rings is 1. The highest BCUT2D eigenvalue weighted by Crippen LogP contribution is 2.13. The fraction of sp³-hybridized carbons (Fsp3) is 0.429. The molecular formula is C14H16O4. The largest absolute Gasteiger partial charge is 0.462 e. The number of esters is 2. The third-order valence-corrected chi connectivity index (χ3v) is 3.04. The first-order valence-electron chi connectivity index (χ1n) is 6.11. The van der Waals surface area contributed by atoms with Crippen LogP contribution in [-0.2, 0) is 9.47 Å². The van der Waals surface area contributed by atoms with Crippen molar-refractivity contribution in [3.05, 3.63) is 35.4 Å². The van der Waals surface area contributed by atoms with Gasteiger partial charge < -0.3 is 9.47 Å². The van der Waals surface area contributed by atoms with Crippen LogP contribution in [0.4, 0.5) is 0 Å². The van der Waals surface area contributed by atoms with Crippen molar-refractivity contribution >= 4 is 11.9 Å². The monoisotopic (exact) mass is 248 g/mol. The summed E-state index contributed by atoms with van der Waals surface area (Å²) in [5.74, 6) is -0.331. The highest BCUT2D eigenvalue weighted by molar-refractivity contribution is 5.93. The molecule has 4 nitrogen and oxygen atoms in total. The third kappa shape index (κ3) is 3.09. The maximum atomic E-state index is 11.7. The van der Waals surface area contributed by atoms with E-state index >= 15 is 0 Å². The molecule has 0 spiro atoms. The lowest BCUT2D eigenvalue weighted by Crippen LogP contribution is -2.10. The van der Waals surface area contributed by atoms with Gasteiger partial charge in [-0.05, 0) is 43.0 Å². The summed E-state index contributed by atoms with van der Waals surface area (Å²) < 4.78 is 10.3. The Morgan fingerprint density at radius 1 is 0.889 bits per heavy atom. The Morgan fingerprint density at radius 3 is 1.67 bits per heavy atom. The van der Waals surface area contributed by atoms with Crippen LogP contribution >= 0.6 is 0 Å². The van der Waals surface area contributed by atoms with Gasteiger partial charge >= 0.3 is 11.9 Å². The first kappa shape index (κ1) is 12.6. The molecule has 4 heteroatoms. The third-order valence-electron chi connectivity index (χ3n) is 3.04. The van der Waals surface area contributed by atoms with Gasteiger partial charge in [0.1, 0.15) is 0 Å². The van der Waals surface area contributed by atoms with E-state index in [0.29, 0.717) is 30.3 Å². The molecule has 1 aromatic carbocycles. The van der Waals surface area contributed by atoms with E-state index in [-0.39, 0.29) is 11.9 Å². The molecule has 2 aliphatic rings. The van der Waals surface area contributed by atoms with Gasteiger partial charge in [0.15, 0.2) is 0 Å². The molecule has 0 amide bonds. The van der Waals surface area contributed by atoms with Gasteiger partial charge in [0.05, 0.1) is 24.3 Å². The topological polar surface area (TPSA) is 52.6 Å². The minimum absolute atomic E-state index is 0.346. The van der Waals surface area contributed by atoms with Gasteiger partial charge in [-0.2, -0.15) is 0 Å². The van der Waals surface area contributed by atoms with E-state index in [9.17, 15) is 9.59 Å². The lowest BCUT2D eigenvalue weighted by atomic mass is 10.1. The average molecular weight is 248 g/mol. The van der Waals surface area contributed by atoms with Gasteiger partial charge in [0.25, 0.3) is 0 Å². The Morgan fingerprint density at radius 2 is 1.28 bits per heavy atom. The number of hydrogen-bond acceptors (Lipinski definition) is 4. The Balaban J connectivity index is 2.18. The second-order valence-electron chi connectivity index (χ2n) is 4.53. The molecule has 96 valence electrons. The molecule has 0 fully saturated rings. The predicted octanol–water partition coefficient (Wildman–Crippen LogP) is 2.43. The van der Waals surface area contributed by atoms with Gasteiger partial charge in [-0.25, -0.2) is 9.59 Å². The zero-order valence-corrected chi connectivity index (χ0v) is 10.3. The van der Waals surface area contributed by atoms with E-state index in [1.54, 1.807) is 24.3 Å². The molecule has 2 bridgehead atoms. The zero-order valence-electron chi connectivity index (χ0n) is 10.3. The van der Waals surface area contributed by atoms with Crippen LogP contribution in [-0.4, -0.2) is 25.2 Å². The summed E-state index contributed by atoms with van der Waals surface area (Å²) in [4.78, 5) is 23.3. The van der Waals surface area contributed by atoms with Crippen LogP contribution in [0.3, 0.4) is 0 Å².